The fraction of sp³-hybridized carbons (Fsp3) is 0.438. The van der Waals surface area contributed by atoms with Crippen LogP contribution in [0.4, 0.5) is 11.4 Å². The minimum Gasteiger partial charge on any atom is -0.366 e. The van der Waals surface area contributed by atoms with Gasteiger partial charge in [0.2, 0.25) is 0 Å². The summed E-state index contributed by atoms with van der Waals surface area (Å²) in [5.41, 5.74) is 0.782. The summed E-state index contributed by atoms with van der Waals surface area (Å²) in [5.74, 6) is 2.54. The maximum absolute atomic E-state index is 11.9. The number of piperidine rings is 1. The second-order valence-electron chi connectivity index (χ2n) is 5.52. The van der Waals surface area contributed by atoms with Crippen molar-refractivity contribution < 1.29 is 9.72 Å². The summed E-state index contributed by atoms with van der Waals surface area (Å²) in [4.78, 5) is 24.8. The van der Waals surface area contributed by atoms with E-state index < -0.39 is 10.8 Å². The predicted molar refractivity (Wildman–Crippen MR) is 84.9 cm³/mol. The number of hydrogen-bond acceptors (Lipinski definition) is 4. The highest BCUT2D eigenvalue weighted by Crippen LogP contribution is 2.32. The molecule has 22 heavy (non-hydrogen) atoms. The van der Waals surface area contributed by atoms with Gasteiger partial charge in [-0.1, -0.05) is 12.8 Å². The standard InChI is InChI=1S/C16H19N3O3/c1-3-8-17-16(20)13-4-5-14(15(11-13)19(21)22)18-9-6-12(2)7-10-18/h1,4-5,11-12H,6-10H2,2H3,(H,17,20). The van der Waals surface area contributed by atoms with E-state index in [4.69, 9.17) is 6.42 Å². The molecular formula is C16H19N3O3. The fourth-order valence-corrected chi connectivity index (χ4v) is 2.56. The van der Waals surface area contributed by atoms with Crippen LogP contribution in [0.5, 0.6) is 0 Å². The summed E-state index contributed by atoms with van der Waals surface area (Å²) in [6, 6.07) is 4.57. The Kier molecular flexibility index (Phi) is 4.99. The number of terminal acetylenes is 1. The molecule has 1 saturated heterocycles. The smallest absolute Gasteiger partial charge is 0.293 e. The van der Waals surface area contributed by atoms with Crippen LogP contribution in [0.25, 0.3) is 0 Å². The number of rotatable bonds is 4. The SMILES string of the molecule is C#CCNC(=O)c1ccc(N2CCC(C)CC2)c([N+](=O)[O-])c1. The lowest BCUT2D eigenvalue weighted by Gasteiger charge is -2.31. The Bertz CT molecular complexity index is 614. The molecule has 6 nitrogen and oxygen atoms in total. The first-order valence-corrected chi connectivity index (χ1v) is 7.28. The van der Waals surface area contributed by atoms with Crippen molar-refractivity contribution in [3.63, 3.8) is 0 Å². The van der Waals surface area contributed by atoms with Crippen molar-refractivity contribution in [3.05, 3.63) is 33.9 Å². The van der Waals surface area contributed by atoms with Gasteiger partial charge in [0.1, 0.15) is 5.69 Å². The van der Waals surface area contributed by atoms with Crippen LogP contribution < -0.4 is 10.2 Å². The number of nitro benzene ring substituents is 1. The zero-order valence-electron chi connectivity index (χ0n) is 12.5. The van der Waals surface area contributed by atoms with Gasteiger partial charge in [0.15, 0.2) is 0 Å². The molecule has 1 aromatic carbocycles. The van der Waals surface area contributed by atoms with E-state index in [0.29, 0.717) is 11.6 Å². The van der Waals surface area contributed by atoms with E-state index in [0.717, 1.165) is 25.9 Å². The quantitative estimate of drug-likeness (QED) is 0.525. The second kappa shape index (κ2) is 6.94. The summed E-state index contributed by atoms with van der Waals surface area (Å²) < 4.78 is 0. The lowest BCUT2D eigenvalue weighted by Crippen LogP contribution is -2.33. The van der Waals surface area contributed by atoms with Crippen LogP contribution in [-0.4, -0.2) is 30.5 Å². The van der Waals surface area contributed by atoms with Crippen LogP contribution in [-0.2, 0) is 0 Å². The average Bonchev–Trinajstić information content (AvgIpc) is 2.52. The molecule has 1 heterocycles. The fourth-order valence-electron chi connectivity index (χ4n) is 2.56. The van der Waals surface area contributed by atoms with Gasteiger partial charge in [-0.3, -0.25) is 14.9 Å². The first-order valence-electron chi connectivity index (χ1n) is 7.28. The van der Waals surface area contributed by atoms with Crippen molar-refractivity contribution in [2.45, 2.75) is 19.8 Å². The maximum Gasteiger partial charge on any atom is 0.293 e. The molecule has 0 atom stereocenters. The number of benzene rings is 1. The number of anilines is 1. The van der Waals surface area contributed by atoms with E-state index >= 15 is 0 Å². The first kappa shape index (κ1) is 15.8. The van der Waals surface area contributed by atoms with Gasteiger partial charge in [-0.2, -0.15) is 0 Å². The summed E-state index contributed by atoms with van der Waals surface area (Å²) in [6.07, 6.45) is 7.12. The third kappa shape index (κ3) is 3.55. The largest absolute Gasteiger partial charge is 0.366 e. The van der Waals surface area contributed by atoms with Crippen LogP contribution in [0.1, 0.15) is 30.1 Å². The van der Waals surface area contributed by atoms with Gasteiger partial charge in [-0.15, -0.1) is 6.42 Å². The molecule has 0 radical (unpaired) electrons. The number of nitrogens with zero attached hydrogens (tertiary/aromatic N) is 2. The Balaban J connectivity index is 2.26. The topological polar surface area (TPSA) is 75.5 Å². The Morgan fingerprint density at radius 2 is 2.18 bits per heavy atom. The van der Waals surface area contributed by atoms with Gasteiger partial charge < -0.3 is 10.2 Å². The van der Waals surface area contributed by atoms with Crippen LogP contribution in [0.15, 0.2) is 18.2 Å². The molecule has 116 valence electrons. The molecule has 1 N–H and O–H groups in total. The predicted octanol–water partition coefficient (Wildman–Crippen LogP) is 2.19. The summed E-state index contributed by atoms with van der Waals surface area (Å²) in [6.45, 7) is 3.87. The van der Waals surface area contributed by atoms with Crippen molar-refractivity contribution in [1.29, 1.82) is 0 Å². The molecule has 0 saturated carbocycles. The highest BCUT2D eigenvalue weighted by atomic mass is 16.6. The molecule has 1 fully saturated rings. The van der Waals surface area contributed by atoms with Crippen LogP contribution in [0, 0.1) is 28.4 Å². The van der Waals surface area contributed by atoms with Gasteiger partial charge in [0, 0.05) is 24.7 Å². The van der Waals surface area contributed by atoms with Crippen molar-refractivity contribution in [3.8, 4) is 12.3 Å². The molecule has 1 amide bonds. The van der Waals surface area contributed by atoms with Gasteiger partial charge >= 0.3 is 0 Å². The normalized spacial score (nSPS) is 15.2. The Morgan fingerprint density at radius 1 is 1.50 bits per heavy atom. The molecule has 0 aliphatic carbocycles. The molecule has 0 aromatic heterocycles. The average molecular weight is 301 g/mol. The molecular weight excluding hydrogens is 282 g/mol. The van der Waals surface area contributed by atoms with Crippen molar-refractivity contribution in [2.75, 3.05) is 24.5 Å². The zero-order chi connectivity index (χ0) is 16.1. The maximum atomic E-state index is 11.9. The number of amides is 1. The molecule has 1 aliphatic heterocycles. The van der Waals surface area contributed by atoms with Gasteiger partial charge in [0.25, 0.3) is 11.6 Å². The highest BCUT2D eigenvalue weighted by Gasteiger charge is 2.24. The molecule has 0 unspecified atom stereocenters. The van der Waals surface area contributed by atoms with Gasteiger partial charge in [-0.05, 0) is 30.9 Å². The number of nitro groups is 1. The molecule has 2 rings (SSSR count). The van der Waals surface area contributed by atoms with E-state index in [1.165, 1.54) is 6.07 Å². The van der Waals surface area contributed by atoms with E-state index in [1.54, 1.807) is 12.1 Å². The lowest BCUT2D eigenvalue weighted by molar-refractivity contribution is -0.384. The van der Waals surface area contributed by atoms with Gasteiger partial charge in [0.05, 0.1) is 11.5 Å². The van der Waals surface area contributed by atoms with E-state index in [-0.39, 0.29) is 17.8 Å². The van der Waals surface area contributed by atoms with Crippen molar-refractivity contribution in [2.24, 2.45) is 5.92 Å². The van der Waals surface area contributed by atoms with Crippen molar-refractivity contribution in [1.82, 2.24) is 5.32 Å². The van der Waals surface area contributed by atoms with Crippen molar-refractivity contribution >= 4 is 17.3 Å². The van der Waals surface area contributed by atoms with E-state index in [9.17, 15) is 14.9 Å². The Labute approximate surface area is 129 Å². The highest BCUT2D eigenvalue weighted by molar-refractivity contribution is 5.95. The van der Waals surface area contributed by atoms with E-state index in [2.05, 4.69) is 18.2 Å². The summed E-state index contributed by atoms with van der Waals surface area (Å²) in [5, 5.41) is 13.8. The molecule has 1 aliphatic rings. The third-order valence-electron chi connectivity index (χ3n) is 3.91. The monoisotopic (exact) mass is 301 g/mol. The van der Waals surface area contributed by atoms with E-state index in [1.807, 2.05) is 4.90 Å². The Morgan fingerprint density at radius 3 is 2.77 bits per heavy atom. The molecule has 0 spiro atoms. The third-order valence-corrected chi connectivity index (χ3v) is 3.91. The number of nitrogens with one attached hydrogen (secondary N) is 1. The minimum atomic E-state index is -0.439. The molecule has 0 bridgehead atoms. The number of carbonyl (C=O) groups excluding carboxylic acids is 1. The first-order chi connectivity index (χ1) is 10.5. The zero-order valence-corrected chi connectivity index (χ0v) is 12.5. The summed E-state index contributed by atoms with van der Waals surface area (Å²) in [7, 11) is 0. The lowest BCUT2D eigenvalue weighted by atomic mass is 9.98. The second-order valence-corrected chi connectivity index (χ2v) is 5.52. The number of hydrogen-bond donors (Lipinski definition) is 1. The molecule has 6 heteroatoms. The van der Waals surface area contributed by atoms with Crippen LogP contribution >= 0.6 is 0 Å². The van der Waals surface area contributed by atoms with Crippen LogP contribution in [0.3, 0.4) is 0 Å². The minimum absolute atomic E-state index is 0.0390. The van der Waals surface area contributed by atoms with Crippen LogP contribution in [0.2, 0.25) is 0 Å². The summed E-state index contributed by atoms with van der Waals surface area (Å²) >= 11 is 0. The van der Waals surface area contributed by atoms with Gasteiger partial charge in [-0.25, -0.2) is 0 Å². The Hall–Kier alpha value is -2.55. The molecule has 1 aromatic rings. The number of carbonyl (C=O) groups is 1.